The maximum Gasteiger partial charge on any atom is 0.410 e. The molecule has 0 spiro atoms. The quantitative estimate of drug-likeness (QED) is 0.417. The number of para-hydroxylation sites is 1. The van der Waals surface area contributed by atoms with Crippen molar-refractivity contribution in [1.29, 1.82) is 0 Å². The summed E-state index contributed by atoms with van der Waals surface area (Å²) < 4.78 is 34.5. The Morgan fingerprint density at radius 3 is 2.54 bits per heavy atom. The maximum absolute atomic E-state index is 13.3. The summed E-state index contributed by atoms with van der Waals surface area (Å²) >= 11 is 0. The number of ether oxygens (including phenoxy) is 1. The molecule has 39 heavy (non-hydrogen) atoms. The number of amides is 2. The van der Waals surface area contributed by atoms with Crippen molar-refractivity contribution >= 4 is 38.7 Å². The molecule has 2 atom stereocenters. The Morgan fingerprint density at radius 2 is 1.82 bits per heavy atom. The Hall–Kier alpha value is -3.83. The topological polar surface area (TPSA) is 135 Å². The van der Waals surface area contributed by atoms with Gasteiger partial charge < -0.3 is 15.0 Å². The molecule has 2 aromatic carbocycles. The first-order chi connectivity index (χ1) is 18.6. The molecule has 1 aliphatic heterocycles. The largest absolute Gasteiger partial charge is 0.445 e. The Bertz CT molecular complexity index is 1440. The standard InChI is InChI=1S/C28H32N4O6S/c1-19(2)16-23(31-39(36,37)25-12-6-10-21-11-7-14-29-26(21)25)27(34)30-22-13-15-32(17-24(22)33)28(35)38-18-20-8-4-3-5-9-20/h3-12,14,19,22-23,31H,13,15-18H2,1-2H3,(H,30,34)/t22?,23-/m0/s1. The van der Waals surface area contributed by atoms with E-state index >= 15 is 0 Å². The van der Waals surface area contributed by atoms with E-state index in [0.29, 0.717) is 10.9 Å². The Labute approximate surface area is 227 Å². The van der Waals surface area contributed by atoms with E-state index < -0.39 is 34.1 Å². The minimum absolute atomic E-state index is 0.00831. The van der Waals surface area contributed by atoms with Gasteiger partial charge in [-0.3, -0.25) is 14.6 Å². The van der Waals surface area contributed by atoms with Crippen LogP contribution in [0.1, 0.15) is 32.3 Å². The van der Waals surface area contributed by atoms with Crippen molar-refractivity contribution in [1.82, 2.24) is 19.9 Å². The van der Waals surface area contributed by atoms with Gasteiger partial charge in [-0.2, -0.15) is 4.72 Å². The highest BCUT2D eigenvalue weighted by Gasteiger charge is 2.34. The summed E-state index contributed by atoms with van der Waals surface area (Å²) in [5, 5.41) is 3.35. The lowest BCUT2D eigenvalue weighted by atomic mass is 10.0. The number of sulfonamides is 1. The highest BCUT2D eigenvalue weighted by Crippen LogP contribution is 2.22. The third-order valence-corrected chi connectivity index (χ3v) is 7.91. The van der Waals surface area contributed by atoms with Crippen LogP contribution in [0.5, 0.6) is 0 Å². The van der Waals surface area contributed by atoms with E-state index in [1.165, 1.54) is 17.2 Å². The number of benzene rings is 2. The second kappa shape index (κ2) is 12.4. The molecule has 0 bridgehead atoms. The summed E-state index contributed by atoms with van der Waals surface area (Å²) in [5.74, 6) is -0.958. The molecule has 1 saturated heterocycles. The van der Waals surface area contributed by atoms with Gasteiger partial charge in [0.15, 0.2) is 5.78 Å². The fraction of sp³-hybridized carbons (Fsp3) is 0.357. The molecule has 3 aromatic rings. The second-order valence-electron chi connectivity index (χ2n) is 9.91. The number of rotatable bonds is 9. The number of hydrogen-bond acceptors (Lipinski definition) is 7. The number of nitrogens with one attached hydrogen (secondary N) is 2. The first-order valence-electron chi connectivity index (χ1n) is 12.8. The molecule has 2 heterocycles. The number of hydrogen-bond donors (Lipinski definition) is 2. The number of Topliss-reactive ketones (excluding diaryl/α,β-unsaturated/α-hetero) is 1. The van der Waals surface area contributed by atoms with Gasteiger partial charge in [0.1, 0.15) is 17.5 Å². The van der Waals surface area contributed by atoms with E-state index in [1.807, 2.05) is 44.2 Å². The molecule has 1 unspecified atom stereocenters. The molecule has 2 amide bonds. The van der Waals surface area contributed by atoms with Crippen molar-refractivity contribution in [2.45, 2.75) is 50.3 Å². The highest BCUT2D eigenvalue weighted by atomic mass is 32.2. The lowest BCUT2D eigenvalue weighted by Gasteiger charge is -2.31. The van der Waals surface area contributed by atoms with Crippen LogP contribution in [0.2, 0.25) is 0 Å². The van der Waals surface area contributed by atoms with Crippen molar-refractivity contribution in [2.75, 3.05) is 13.1 Å². The first kappa shape index (κ1) is 28.2. The first-order valence-corrected chi connectivity index (χ1v) is 14.3. The summed E-state index contributed by atoms with van der Waals surface area (Å²) in [7, 11) is -4.11. The van der Waals surface area contributed by atoms with Crippen LogP contribution in [0.25, 0.3) is 10.9 Å². The van der Waals surface area contributed by atoms with Gasteiger partial charge in [-0.1, -0.05) is 62.4 Å². The van der Waals surface area contributed by atoms with E-state index in [2.05, 4.69) is 15.0 Å². The number of nitrogens with zero attached hydrogens (tertiary/aromatic N) is 2. The van der Waals surface area contributed by atoms with Gasteiger partial charge in [-0.15, -0.1) is 0 Å². The molecule has 0 radical (unpaired) electrons. The second-order valence-corrected chi connectivity index (χ2v) is 11.6. The fourth-order valence-electron chi connectivity index (χ4n) is 4.44. The van der Waals surface area contributed by atoms with E-state index in [9.17, 15) is 22.8 Å². The number of carbonyl (C=O) groups excluding carboxylic acids is 3. The average Bonchev–Trinajstić information content (AvgIpc) is 2.92. The van der Waals surface area contributed by atoms with Crippen molar-refractivity contribution in [3.05, 3.63) is 72.4 Å². The number of likely N-dealkylation sites (tertiary alicyclic amines) is 1. The number of ketones is 1. The number of piperidine rings is 1. The smallest absolute Gasteiger partial charge is 0.410 e. The van der Waals surface area contributed by atoms with E-state index in [4.69, 9.17) is 4.74 Å². The third kappa shape index (κ3) is 7.18. The molecule has 2 N–H and O–H groups in total. The molecule has 11 heteroatoms. The zero-order valence-electron chi connectivity index (χ0n) is 21.9. The van der Waals surface area contributed by atoms with Crippen LogP contribution in [0.4, 0.5) is 4.79 Å². The fourth-order valence-corrected chi connectivity index (χ4v) is 5.83. The van der Waals surface area contributed by atoms with Gasteiger partial charge in [0, 0.05) is 18.1 Å². The average molecular weight is 553 g/mol. The van der Waals surface area contributed by atoms with Crippen LogP contribution in [0.3, 0.4) is 0 Å². The molecular weight excluding hydrogens is 520 g/mol. The van der Waals surface area contributed by atoms with Gasteiger partial charge in [-0.25, -0.2) is 13.2 Å². The van der Waals surface area contributed by atoms with E-state index in [-0.39, 0.29) is 49.1 Å². The molecular formula is C28H32N4O6S. The van der Waals surface area contributed by atoms with Crippen LogP contribution < -0.4 is 10.0 Å². The van der Waals surface area contributed by atoms with Gasteiger partial charge in [0.25, 0.3) is 0 Å². The summed E-state index contributed by atoms with van der Waals surface area (Å²) in [6.07, 6.45) is 1.32. The lowest BCUT2D eigenvalue weighted by Crippen LogP contribution is -2.56. The lowest BCUT2D eigenvalue weighted by molar-refractivity contribution is -0.130. The van der Waals surface area contributed by atoms with E-state index in [0.717, 1.165) is 5.56 Å². The molecule has 10 nitrogen and oxygen atoms in total. The predicted octanol–water partition coefficient (Wildman–Crippen LogP) is 3.02. The molecule has 206 valence electrons. The third-order valence-electron chi connectivity index (χ3n) is 6.41. The number of fused-ring (bicyclic) bond motifs is 1. The molecule has 4 rings (SSSR count). The van der Waals surface area contributed by atoms with E-state index in [1.54, 1.807) is 24.3 Å². The van der Waals surface area contributed by atoms with Gasteiger partial charge in [-0.05, 0) is 36.5 Å². The summed E-state index contributed by atoms with van der Waals surface area (Å²) in [6, 6.07) is 15.6. The number of carbonyl (C=O) groups is 3. The number of pyridine rings is 1. The van der Waals surface area contributed by atoms with Crippen molar-refractivity contribution in [2.24, 2.45) is 5.92 Å². The van der Waals surface area contributed by atoms with Crippen LogP contribution in [-0.2, 0) is 31.0 Å². The molecule has 0 aliphatic carbocycles. The van der Waals surface area contributed by atoms with Crippen LogP contribution in [0.15, 0.2) is 71.8 Å². The molecule has 1 fully saturated rings. The van der Waals surface area contributed by atoms with Crippen molar-refractivity contribution in [3.63, 3.8) is 0 Å². The minimum Gasteiger partial charge on any atom is -0.445 e. The SMILES string of the molecule is CC(C)C[C@H](NS(=O)(=O)c1cccc2cccnc12)C(=O)NC1CCN(C(=O)OCc2ccccc2)CC1=O. The predicted molar refractivity (Wildman–Crippen MR) is 145 cm³/mol. The summed E-state index contributed by atoms with van der Waals surface area (Å²) in [6.45, 7) is 3.85. The number of aromatic nitrogens is 1. The zero-order valence-corrected chi connectivity index (χ0v) is 22.7. The maximum atomic E-state index is 13.3. The Kier molecular flexibility index (Phi) is 8.93. The summed E-state index contributed by atoms with van der Waals surface area (Å²) in [5.41, 5.74) is 1.13. The highest BCUT2D eigenvalue weighted by molar-refractivity contribution is 7.89. The zero-order chi connectivity index (χ0) is 28.0. The van der Waals surface area contributed by atoms with Crippen molar-refractivity contribution in [3.8, 4) is 0 Å². The Balaban J connectivity index is 1.39. The van der Waals surface area contributed by atoms with Crippen LogP contribution in [-0.4, -0.2) is 61.3 Å². The van der Waals surface area contributed by atoms with Gasteiger partial charge in [0.05, 0.1) is 18.1 Å². The van der Waals surface area contributed by atoms with Crippen molar-refractivity contribution < 1.29 is 27.5 Å². The van der Waals surface area contributed by atoms with Gasteiger partial charge in [0.2, 0.25) is 15.9 Å². The molecule has 1 aliphatic rings. The van der Waals surface area contributed by atoms with Crippen LogP contribution >= 0.6 is 0 Å². The minimum atomic E-state index is -4.11. The molecule has 1 aromatic heterocycles. The summed E-state index contributed by atoms with van der Waals surface area (Å²) in [4.78, 5) is 44.0. The monoisotopic (exact) mass is 552 g/mol. The Morgan fingerprint density at radius 1 is 1.08 bits per heavy atom. The molecule has 0 saturated carbocycles. The van der Waals surface area contributed by atoms with Gasteiger partial charge >= 0.3 is 6.09 Å². The normalized spacial score (nSPS) is 16.7. The van der Waals surface area contributed by atoms with Crippen LogP contribution in [0, 0.1) is 5.92 Å².